The topological polar surface area (TPSA) is 25.8 Å². The second-order valence-corrected chi connectivity index (χ2v) is 3.48. The number of aromatic nitrogens is 2. The van der Waals surface area contributed by atoms with Crippen LogP contribution in [0.2, 0.25) is 0 Å². The summed E-state index contributed by atoms with van der Waals surface area (Å²) in [6, 6.07) is 0. The molecule has 1 rings (SSSR count). The van der Waals surface area contributed by atoms with Gasteiger partial charge < -0.3 is 0 Å². The van der Waals surface area contributed by atoms with Gasteiger partial charge in [-0.25, -0.2) is 0 Å². The molecule has 2 nitrogen and oxygen atoms in total. The summed E-state index contributed by atoms with van der Waals surface area (Å²) in [5.41, 5.74) is 1.17. The number of aryl methyl sites for hydroxylation is 1. The van der Waals surface area contributed by atoms with Crippen molar-refractivity contribution in [1.29, 1.82) is 0 Å². The maximum atomic E-state index is 4.06. The van der Waals surface area contributed by atoms with Crippen LogP contribution in [0.1, 0.15) is 36.8 Å². The molecule has 0 saturated heterocycles. The van der Waals surface area contributed by atoms with Gasteiger partial charge in [0, 0.05) is 10.8 Å². The van der Waals surface area contributed by atoms with Gasteiger partial charge in [-0.2, -0.15) is 0 Å². The van der Waals surface area contributed by atoms with E-state index in [1.807, 2.05) is 0 Å². The molecule has 0 aromatic carbocycles. The van der Waals surface area contributed by atoms with Gasteiger partial charge in [0.15, 0.2) is 0 Å². The lowest BCUT2D eigenvalue weighted by Gasteiger charge is -2.02. The van der Waals surface area contributed by atoms with E-state index in [4.69, 9.17) is 0 Å². The standard InChI is InChI=1S/C7H12N2S/c1-4-5(2)7-6(3)10-9-8-7/h5H,4H2,1-3H3/t5-/m0/s1. The molecule has 0 spiro atoms. The lowest BCUT2D eigenvalue weighted by Crippen LogP contribution is -1.93. The Labute approximate surface area is 65.4 Å². The van der Waals surface area contributed by atoms with Crippen LogP contribution in [0.3, 0.4) is 0 Å². The Kier molecular flexibility index (Phi) is 2.38. The smallest absolute Gasteiger partial charge is 0.0812 e. The average molecular weight is 156 g/mol. The third-order valence-electron chi connectivity index (χ3n) is 1.77. The van der Waals surface area contributed by atoms with Gasteiger partial charge in [0.25, 0.3) is 0 Å². The molecular weight excluding hydrogens is 144 g/mol. The van der Waals surface area contributed by atoms with E-state index in [9.17, 15) is 0 Å². The van der Waals surface area contributed by atoms with Gasteiger partial charge in [-0.15, -0.1) is 5.10 Å². The second-order valence-electron chi connectivity index (χ2n) is 2.52. The van der Waals surface area contributed by atoms with Gasteiger partial charge in [0.1, 0.15) is 0 Å². The number of hydrogen-bond donors (Lipinski definition) is 0. The molecule has 0 saturated carbocycles. The Bertz CT molecular complexity index is 207. The first kappa shape index (κ1) is 7.66. The van der Waals surface area contributed by atoms with Crippen molar-refractivity contribution in [2.24, 2.45) is 0 Å². The Balaban J connectivity index is 2.82. The normalized spacial score (nSPS) is 13.5. The molecule has 1 aromatic rings. The molecule has 0 bridgehead atoms. The van der Waals surface area contributed by atoms with E-state index >= 15 is 0 Å². The first-order valence-corrected chi connectivity index (χ1v) is 4.32. The van der Waals surface area contributed by atoms with E-state index in [0.29, 0.717) is 5.92 Å². The maximum Gasteiger partial charge on any atom is 0.0812 e. The average Bonchev–Trinajstić information content (AvgIpc) is 2.34. The summed E-state index contributed by atoms with van der Waals surface area (Å²) in [5.74, 6) is 0.568. The van der Waals surface area contributed by atoms with E-state index in [1.54, 1.807) is 0 Å². The number of rotatable bonds is 2. The predicted molar refractivity (Wildman–Crippen MR) is 43.4 cm³/mol. The van der Waals surface area contributed by atoms with Crippen LogP contribution in [0.25, 0.3) is 0 Å². The summed E-state index contributed by atoms with van der Waals surface area (Å²) in [4.78, 5) is 1.26. The largest absolute Gasteiger partial charge is 0.143 e. The van der Waals surface area contributed by atoms with Crippen molar-refractivity contribution in [1.82, 2.24) is 9.59 Å². The van der Waals surface area contributed by atoms with Crippen molar-refractivity contribution in [3.05, 3.63) is 10.6 Å². The molecule has 0 unspecified atom stereocenters. The molecule has 10 heavy (non-hydrogen) atoms. The zero-order chi connectivity index (χ0) is 7.56. The first-order valence-electron chi connectivity index (χ1n) is 3.54. The van der Waals surface area contributed by atoms with E-state index in [1.165, 1.54) is 22.1 Å². The lowest BCUT2D eigenvalue weighted by molar-refractivity contribution is 0.699. The molecule has 1 heterocycles. The molecule has 0 amide bonds. The molecule has 0 aliphatic carbocycles. The van der Waals surface area contributed by atoms with Crippen molar-refractivity contribution in [2.45, 2.75) is 33.1 Å². The monoisotopic (exact) mass is 156 g/mol. The van der Waals surface area contributed by atoms with Gasteiger partial charge in [0.2, 0.25) is 0 Å². The molecule has 0 aliphatic rings. The summed E-state index contributed by atoms with van der Waals surface area (Å²) in [6.07, 6.45) is 1.15. The third-order valence-corrected chi connectivity index (χ3v) is 2.41. The Morgan fingerprint density at radius 1 is 1.60 bits per heavy atom. The fourth-order valence-electron chi connectivity index (χ4n) is 0.882. The van der Waals surface area contributed by atoms with Crippen LogP contribution in [-0.4, -0.2) is 9.59 Å². The highest BCUT2D eigenvalue weighted by Gasteiger charge is 2.09. The van der Waals surface area contributed by atoms with Crippen molar-refractivity contribution < 1.29 is 0 Å². The summed E-state index contributed by atoms with van der Waals surface area (Å²) in [7, 11) is 0. The third kappa shape index (κ3) is 1.34. The van der Waals surface area contributed by atoms with Crippen LogP contribution < -0.4 is 0 Å². The molecule has 1 aromatic heterocycles. The first-order chi connectivity index (χ1) is 4.75. The number of nitrogens with zero attached hydrogens (tertiary/aromatic N) is 2. The minimum atomic E-state index is 0.568. The fraction of sp³-hybridized carbons (Fsp3) is 0.714. The zero-order valence-electron chi connectivity index (χ0n) is 6.59. The minimum Gasteiger partial charge on any atom is -0.143 e. The van der Waals surface area contributed by atoms with Crippen LogP contribution in [-0.2, 0) is 0 Å². The Hall–Kier alpha value is -0.440. The van der Waals surface area contributed by atoms with Crippen LogP contribution in [0, 0.1) is 6.92 Å². The van der Waals surface area contributed by atoms with Crippen LogP contribution in [0.4, 0.5) is 0 Å². The van der Waals surface area contributed by atoms with Gasteiger partial charge in [-0.1, -0.05) is 18.3 Å². The minimum absolute atomic E-state index is 0.568. The summed E-state index contributed by atoms with van der Waals surface area (Å²) in [6.45, 7) is 6.43. The van der Waals surface area contributed by atoms with E-state index in [2.05, 4.69) is 30.4 Å². The Morgan fingerprint density at radius 2 is 2.30 bits per heavy atom. The van der Waals surface area contributed by atoms with Crippen molar-refractivity contribution in [3.63, 3.8) is 0 Å². The van der Waals surface area contributed by atoms with Gasteiger partial charge in [-0.05, 0) is 24.9 Å². The highest BCUT2D eigenvalue weighted by atomic mass is 32.1. The lowest BCUT2D eigenvalue weighted by atomic mass is 10.1. The summed E-state index contributed by atoms with van der Waals surface area (Å²) < 4.78 is 3.88. The molecule has 0 aliphatic heterocycles. The van der Waals surface area contributed by atoms with Gasteiger partial charge in [-0.3, -0.25) is 0 Å². The highest BCUT2D eigenvalue weighted by molar-refractivity contribution is 7.05. The summed E-state index contributed by atoms with van der Waals surface area (Å²) in [5, 5.41) is 4.06. The fourth-order valence-corrected chi connectivity index (χ4v) is 1.47. The molecule has 0 radical (unpaired) electrons. The molecular formula is C7H12N2S. The SMILES string of the molecule is CC[C@H](C)c1nnsc1C. The van der Waals surface area contributed by atoms with E-state index < -0.39 is 0 Å². The van der Waals surface area contributed by atoms with Crippen LogP contribution in [0.15, 0.2) is 0 Å². The molecule has 3 heteroatoms. The van der Waals surface area contributed by atoms with Gasteiger partial charge >= 0.3 is 0 Å². The van der Waals surface area contributed by atoms with Crippen molar-refractivity contribution in [3.8, 4) is 0 Å². The molecule has 0 fully saturated rings. The molecule has 0 N–H and O–H groups in total. The number of hydrogen-bond acceptors (Lipinski definition) is 3. The van der Waals surface area contributed by atoms with Crippen molar-refractivity contribution >= 4 is 11.5 Å². The summed E-state index contributed by atoms with van der Waals surface area (Å²) >= 11 is 1.49. The zero-order valence-corrected chi connectivity index (χ0v) is 7.40. The van der Waals surface area contributed by atoms with Crippen LogP contribution >= 0.6 is 11.5 Å². The predicted octanol–water partition coefficient (Wildman–Crippen LogP) is 2.36. The highest BCUT2D eigenvalue weighted by Crippen LogP contribution is 2.21. The quantitative estimate of drug-likeness (QED) is 0.657. The maximum absolute atomic E-state index is 4.06. The van der Waals surface area contributed by atoms with E-state index in [-0.39, 0.29) is 0 Å². The van der Waals surface area contributed by atoms with E-state index in [0.717, 1.165) is 6.42 Å². The second kappa shape index (κ2) is 3.10. The van der Waals surface area contributed by atoms with Gasteiger partial charge in [0.05, 0.1) is 5.69 Å². The molecule has 56 valence electrons. The molecule has 1 atom stereocenters. The van der Waals surface area contributed by atoms with Crippen molar-refractivity contribution in [2.75, 3.05) is 0 Å². The van der Waals surface area contributed by atoms with Crippen LogP contribution in [0.5, 0.6) is 0 Å². The Morgan fingerprint density at radius 3 is 2.70 bits per heavy atom.